The summed E-state index contributed by atoms with van der Waals surface area (Å²) in [5.41, 5.74) is -0.0180. The van der Waals surface area contributed by atoms with Crippen LogP contribution in [0, 0.1) is 5.92 Å². The van der Waals surface area contributed by atoms with Gasteiger partial charge in [0.05, 0.1) is 16.4 Å². The highest BCUT2D eigenvalue weighted by Gasteiger charge is 2.47. The Bertz CT molecular complexity index is 360. The van der Waals surface area contributed by atoms with Crippen molar-refractivity contribution in [2.45, 2.75) is 41.5 Å². The molecule has 2 fully saturated rings. The van der Waals surface area contributed by atoms with Gasteiger partial charge < -0.3 is 10.4 Å². The number of thioether (sulfide) groups is 1. The summed E-state index contributed by atoms with van der Waals surface area (Å²) < 4.78 is 1.36. The fourth-order valence-electron chi connectivity index (χ4n) is 2.31. The Balaban J connectivity index is 1.64. The summed E-state index contributed by atoms with van der Waals surface area (Å²) in [6.07, 6.45) is 5.15. The highest BCUT2D eigenvalue weighted by molar-refractivity contribution is 8.01. The lowest BCUT2D eigenvalue weighted by atomic mass is 9.96. The average molecular weight is 269 g/mol. The highest BCUT2D eigenvalue weighted by atomic mass is 32.2. The second kappa shape index (κ2) is 4.92. The van der Waals surface area contributed by atoms with Crippen LogP contribution in [0.3, 0.4) is 0 Å². The number of nitrogens with one attached hydrogen (secondary N) is 1. The lowest BCUT2D eigenvalue weighted by molar-refractivity contribution is 0.157. The van der Waals surface area contributed by atoms with Gasteiger partial charge in [0.15, 0.2) is 0 Å². The quantitative estimate of drug-likeness (QED) is 0.747. The number of thiophene rings is 1. The predicted octanol–water partition coefficient (Wildman–Crippen LogP) is 2.73. The summed E-state index contributed by atoms with van der Waals surface area (Å²) in [6, 6.07) is 4.94. The molecule has 4 heteroatoms. The van der Waals surface area contributed by atoms with E-state index < -0.39 is 0 Å². The van der Waals surface area contributed by atoms with Gasteiger partial charge in [-0.15, -0.1) is 23.1 Å². The van der Waals surface area contributed by atoms with Crippen LogP contribution in [0.2, 0.25) is 0 Å². The van der Waals surface area contributed by atoms with E-state index in [9.17, 15) is 5.11 Å². The van der Waals surface area contributed by atoms with Gasteiger partial charge in [0.25, 0.3) is 0 Å². The van der Waals surface area contributed by atoms with Gasteiger partial charge in [-0.3, -0.25) is 0 Å². The normalized spacial score (nSPS) is 23.6. The molecule has 0 saturated heterocycles. The zero-order chi connectivity index (χ0) is 11.7. The SMILES string of the molecule is OCC(CSc1cccs1)(NC1CC1)C1CC1. The minimum atomic E-state index is -0.0180. The Morgan fingerprint density at radius 1 is 1.41 bits per heavy atom. The van der Waals surface area contributed by atoms with E-state index >= 15 is 0 Å². The Labute approximate surface area is 111 Å². The topological polar surface area (TPSA) is 32.3 Å². The molecule has 1 heterocycles. The molecule has 2 aliphatic rings. The van der Waals surface area contributed by atoms with Crippen molar-refractivity contribution >= 4 is 23.1 Å². The third-order valence-corrected chi connectivity index (χ3v) is 6.06. The molecule has 0 amide bonds. The fraction of sp³-hybridized carbons (Fsp3) is 0.692. The first-order valence-electron chi connectivity index (χ1n) is 6.37. The van der Waals surface area contributed by atoms with Gasteiger partial charge >= 0.3 is 0 Å². The predicted molar refractivity (Wildman–Crippen MR) is 73.7 cm³/mol. The summed E-state index contributed by atoms with van der Waals surface area (Å²) in [5.74, 6) is 1.70. The van der Waals surface area contributed by atoms with Gasteiger partial charge in [-0.1, -0.05) is 6.07 Å². The van der Waals surface area contributed by atoms with E-state index in [2.05, 4.69) is 22.8 Å². The van der Waals surface area contributed by atoms with E-state index in [1.165, 1.54) is 29.9 Å². The third-order valence-electron chi connectivity index (χ3n) is 3.68. The van der Waals surface area contributed by atoms with Gasteiger partial charge in [-0.25, -0.2) is 0 Å². The summed E-state index contributed by atoms with van der Waals surface area (Å²) in [4.78, 5) is 0. The standard InChI is InChI=1S/C13H19NOS2/c15-8-13(10-3-4-10,14-11-5-6-11)9-17-12-2-1-7-16-12/h1-2,7,10-11,14-15H,3-6,8-9H2. The Morgan fingerprint density at radius 2 is 2.24 bits per heavy atom. The largest absolute Gasteiger partial charge is 0.394 e. The average Bonchev–Trinajstić information content (AvgIpc) is 3.26. The molecule has 2 aliphatic carbocycles. The van der Waals surface area contributed by atoms with Gasteiger partial charge in [-0.05, 0) is 43.0 Å². The zero-order valence-corrected chi connectivity index (χ0v) is 11.5. The molecular formula is C13H19NOS2. The Morgan fingerprint density at radius 3 is 2.76 bits per heavy atom. The van der Waals surface area contributed by atoms with Crippen LogP contribution in [-0.2, 0) is 0 Å². The molecule has 2 nitrogen and oxygen atoms in total. The summed E-state index contributed by atoms with van der Waals surface area (Å²) >= 11 is 3.69. The fourth-order valence-corrected chi connectivity index (χ4v) is 4.36. The lowest BCUT2D eigenvalue weighted by Gasteiger charge is -2.33. The van der Waals surface area contributed by atoms with E-state index in [0.29, 0.717) is 12.0 Å². The van der Waals surface area contributed by atoms with Crippen molar-refractivity contribution in [1.82, 2.24) is 5.32 Å². The molecule has 1 unspecified atom stereocenters. The van der Waals surface area contributed by atoms with Crippen molar-refractivity contribution < 1.29 is 5.11 Å². The van der Waals surface area contributed by atoms with E-state index in [1.54, 1.807) is 11.3 Å². The summed E-state index contributed by atoms with van der Waals surface area (Å²) in [7, 11) is 0. The van der Waals surface area contributed by atoms with E-state index in [1.807, 2.05) is 11.8 Å². The highest BCUT2D eigenvalue weighted by Crippen LogP contribution is 2.44. The van der Waals surface area contributed by atoms with Crippen LogP contribution in [0.25, 0.3) is 0 Å². The first-order valence-corrected chi connectivity index (χ1v) is 8.24. The molecule has 17 heavy (non-hydrogen) atoms. The van der Waals surface area contributed by atoms with Crippen molar-refractivity contribution in [3.63, 3.8) is 0 Å². The minimum Gasteiger partial charge on any atom is -0.394 e. The zero-order valence-electron chi connectivity index (χ0n) is 9.89. The molecule has 0 aromatic carbocycles. The molecule has 1 atom stereocenters. The van der Waals surface area contributed by atoms with Crippen LogP contribution in [0.15, 0.2) is 21.7 Å². The maximum atomic E-state index is 9.82. The second-order valence-corrected chi connectivity index (χ2v) is 7.45. The number of hydrogen-bond acceptors (Lipinski definition) is 4. The van der Waals surface area contributed by atoms with E-state index in [-0.39, 0.29) is 12.1 Å². The van der Waals surface area contributed by atoms with Crippen molar-refractivity contribution in [2.24, 2.45) is 5.92 Å². The first-order chi connectivity index (χ1) is 8.32. The molecule has 94 valence electrons. The molecule has 0 aliphatic heterocycles. The maximum absolute atomic E-state index is 9.82. The van der Waals surface area contributed by atoms with Crippen LogP contribution in [-0.4, -0.2) is 29.0 Å². The third kappa shape index (κ3) is 2.87. The molecular weight excluding hydrogens is 250 g/mol. The molecule has 3 rings (SSSR count). The molecule has 0 bridgehead atoms. The van der Waals surface area contributed by atoms with E-state index in [4.69, 9.17) is 0 Å². The number of aliphatic hydroxyl groups is 1. The molecule has 0 radical (unpaired) electrons. The van der Waals surface area contributed by atoms with Gasteiger partial charge in [0.2, 0.25) is 0 Å². The van der Waals surface area contributed by atoms with Crippen molar-refractivity contribution in [3.05, 3.63) is 17.5 Å². The Kier molecular flexibility index (Phi) is 3.48. The second-order valence-electron chi connectivity index (χ2n) is 5.23. The van der Waals surface area contributed by atoms with Crippen LogP contribution in [0.4, 0.5) is 0 Å². The van der Waals surface area contributed by atoms with Gasteiger partial charge in [-0.2, -0.15) is 0 Å². The smallest absolute Gasteiger partial charge is 0.0624 e. The number of rotatable bonds is 7. The minimum absolute atomic E-state index is 0.0180. The molecule has 2 saturated carbocycles. The van der Waals surface area contributed by atoms with Crippen LogP contribution in [0.5, 0.6) is 0 Å². The Hall–Kier alpha value is -0.0300. The maximum Gasteiger partial charge on any atom is 0.0624 e. The van der Waals surface area contributed by atoms with E-state index in [0.717, 1.165) is 5.75 Å². The van der Waals surface area contributed by atoms with Gasteiger partial charge in [0.1, 0.15) is 0 Å². The van der Waals surface area contributed by atoms with Crippen LogP contribution >= 0.6 is 23.1 Å². The summed E-state index contributed by atoms with van der Waals surface area (Å²) in [5, 5.41) is 15.7. The van der Waals surface area contributed by atoms with Crippen LogP contribution in [0.1, 0.15) is 25.7 Å². The van der Waals surface area contributed by atoms with Crippen molar-refractivity contribution in [1.29, 1.82) is 0 Å². The monoisotopic (exact) mass is 269 g/mol. The summed E-state index contributed by atoms with van der Waals surface area (Å²) in [6.45, 7) is 0.284. The molecule has 0 spiro atoms. The lowest BCUT2D eigenvalue weighted by Crippen LogP contribution is -2.53. The molecule has 2 N–H and O–H groups in total. The van der Waals surface area contributed by atoms with Crippen molar-refractivity contribution in [3.8, 4) is 0 Å². The van der Waals surface area contributed by atoms with Crippen LogP contribution < -0.4 is 5.32 Å². The molecule has 1 aromatic heterocycles. The first kappa shape index (κ1) is 12.0. The number of aliphatic hydroxyl groups excluding tert-OH is 1. The number of hydrogen-bond donors (Lipinski definition) is 2. The van der Waals surface area contributed by atoms with Gasteiger partial charge in [0, 0.05) is 11.8 Å². The van der Waals surface area contributed by atoms with Crippen molar-refractivity contribution in [2.75, 3.05) is 12.4 Å². The molecule has 1 aromatic rings.